The van der Waals surface area contributed by atoms with Gasteiger partial charge in [-0.1, -0.05) is 11.8 Å². The van der Waals surface area contributed by atoms with Crippen LogP contribution in [0.25, 0.3) is 0 Å². The molecule has 0 aromatic carbocycles. The number of rotatable bonds is 7. The van der Waals surface area contributed by atoms with Crippen LogP contribution in [0.3, 0.4) is 0 Å². The molecule has 0 atom stereocenters. The Hall–Kier alpha value is -2.44. The average Bonchev–Trinajstić information content (AvgIpc) is 2.98. The summed E-state index contributed by atoms with van der Waals surface area (Å²) in [7, 11) is 1.59. The Balaban J connectivity index is 1.89. The van der Waals surface area contributed by atoms with E-state index in [2.05, 4.69) is 21.6 Å². The summed E-state index contributed by atoms with van der Waals surface area (Å²) in [4.78, 5) is 16.2. The van der Waals surface area contributed by atoms with Crippen LogP contribution < -0.4 is 10.00 Å². The minimum Gasteiger partial charge on any atom is -0.378 e. The lowest BCUT2D eigenvalue weighted by Crippen LogP contribution is -2.36. The molecule has 0 unspecified atom stereocenters. The molecule has 0 aliphatic heterocycles. The number of amides is 1. The normalized spacial score (nSPS) is 10.3. The highest BCUT2D eigenvalue weighted by molar-refractivity contribution is 8.00. The van der Waals surface area contributed by atoms with Gasteiger partial charge in [-0.2, -0.15) is 5.26 Å². The Morgan fingerprint density at radius 1 is 1.57 bits per heavy atom. The van der Waals surface area contributed by atoms with Crippen molar-refractivity contribution in [1.82, 2.24) is 10.3 Å². The second-order valence-electron chi connectivity index (χ2n) is 4.58. The number of hydrogen-bond donors (Lipinski definition) is 1. The Bertz CT molecular complexity index is 725. The van der Waals surface area contributed by atoms with Gasteiger partial charge in [-0.25, -0.2) is 4.98 Å². The molecule has 2 aromatic rings. The topological polar surface area (TPSA) is 105 Å². The summed E-state index contributed by atoms with van der Waals surface area (Å²) in [6, 6.07) is 5.51. The molecule has 1 N–H and O–H groups in total. The molecule has 2 aromatic heterocycles. The van der Waals surface area contributed by atoms with Crippen molar-refractivity contribution in [3.8, 4) is 6.07 Å². The van der Waals surface area contributed by atoms with Gasteiger partial charge in [0.1, 0.15) is 17.7 Å². The van der Waals surface area contributed by atoms with Gasteiger partial charge in [0.15, 0.2) is 0 Å². The summed E-state index contributed by atoms with van der Waals surface area (Å²) in [6.07, 6.45) is 1.58. The minimum absolute atomic E-state index is 0.115. The zero-order chi connectivity index (χ0) is 16.7. The molecule has 0 bridgehead atoms. The van der Waals surface area contributed by atoms with Crippen molar-refractivity contribution in [2.24, 2.45) is 0 Å². The molecular formula is C14H16N5O3S+. The molecule has 2 rings (SSSR count). The van der Waals surface area contributed by atoms with E-state index < -0.39 is 0 Å². The third-order valence-corrected chi connectivity index (χ3v) is 3.75. The first-order chi connectivity index (χ1) is 11.1. The van der Waals surface area contributed by atoms with Gasteiger partial charge in [0.25, 0.3) is 6.20 Å². The largest absolute Gasteiger partial charge is 0.378 e. The first kappa shape index (κ1) is 16.9. The standard InChI is InChI=1S/C14H15N5O3S/c1-10-3-4-11(7-15)14(16-10)23-9-12(20)17-13-8-19(18-22-13)5-6-21-2/h3-4,8H,5-6,9H2,1-2H3/p+1. The molecule has 23 heavy (non-hydrogen) atoms. The summed E-state index contributed by atoms with van der Waals surface area (Å²) in [5, 5.41) is 15.9. The number of pyridine rings is 1. The summed E-state index contributed by atoms with van der Waals surface area (Å²) < 4.78 is 11.5. The van der Waals surface area contributed by atoms with Crippen molar-refractivity contribution in [3.63, 3.8) is 0 Å². The quantitative estimate of drug-likeness (QED) is 0.593. The van der Waals surface area contributed by atoms with Crippen LogP contribution in [0.5, 0.6) is 0 Å². The van der Waals surface area contributed by atoms with Crippen LogP contribution in [-0.2, 0) is 16.1 Å². The third kappa shape index (κ3) is 5.05. The molecule has 9 heteroatoms. The number of carbonyl (C=O) groups is 1. The van der Waals surface area contributed by atoms with Crippen LogP contribution in [0.2, 0.25) is 0 Å². The first-order valence-corrected chi connectivity index (χ1v) is 7.76. The highest BCUT2D eigenvalue weighted by Crippen LogP contribution is 2.20. The van der Waals surface area contributed by atoms with E-state index in [0.29, 0.717) is 23.7 Å². The Labute approximate surface area is 137 Å². The van der Waals surface area contributed by atoms with Crippen molar-refractivity contribution >= 4 is 23.6 Å². The van der Waals surface area contributed by atoms with E-state index >= 15 is 0 Å². The van der Waals surface area contributed by atoms with Gasteiger partial charge >= 0.3 is 5.88 Å². The van der Waals surface area contributed by atoms with Crippen molar-refractivity contribution in [1.29, 1.82) is 5.26 Å². The molecule has 0 radical (unpaired) electrons. The molecule has 0 saturated heterocycles. The number of aryl methyl sites for hydroxylation is 1. The highest BCUT2D eigenvalue weighted by Gasteiger charge is 2.15. The molecule has 1 amide bonds. The Morgan fingerprint density at radius 2 is 2.39 bits per heavy atom. The number of methoxy groups -OCH3 is 1. The molecule has 0 aliphatic rings. The maximum Gasteiger partial charge on any atom is 0.302 e. The fourth-order valence-corrected chi connectivity index (χ4v) is 2.48. The van der Waals surface area contributed by atoms with E-state index in [1.54, 1.807) is 25.4 Å². The number of nitrogens with one attached hydrogen (secondary N) is 1. The molecule has 2 heterocycles. The van der Waals surface area contributed by atoms with Gasteiger partial charge in [0.05, 0.1) is 11.3 Å². The summed E-state index contributed by atoms with van der Waals surface area (Å²) in [5.41, 5.74) is 1.24. The summed E-state index contributed by atoms with van der Waals surface area (Å²) in [6.45, 7) is 2.86. The van der Waals surface area contributed by atoms with Crippen molar-refractivity contribution < 1.29 is 18.7 Å². The number of carbonyl (C=O) groups excluding carboxylic acids is 1. The number of thioether (sulfide) groups is 1. The summed E-state index contributed by atoms with van der Waals surface area (Å²) in [5.74, 6) is 0.103. The molecule has 0 aliphatic carbocycles. The lowest BCUT2D eigenvalue weighted by atomic mass is 10.3. The molecule has 0 spiro atoms. The monoisotopic (exact) mass is 334 g/mol. The second-order valence-corrected chi connectivity index (χ2v) is 5.54. The van der Waals surface area contributed by atoms with Crippen molar-refractivity contribution in [2.75, 3.05) is 24.8 Å². The fraction of sp³-hybridized carbons (Fsp3) is 0.357. The fourth-order valence-electron chi connectivity index (χ4n) is 1.66. The van der Waals surface area contributed by atoms with E-state index in [1.165, 1.54) is 16.4 Å². The third-order valence-electron chi connectivity index (χ3n) is 2.76. The molecule has 0 saturated carbocycles. The van der Waals surface area contributed by atoms with Gasteiger partial charge in [-0.15, -0.1) is 0 Å². The Morgan fingerprint density at radius 3 is 3.13 bits per heavy atom. The van der Waals surface area contributed by atoms with Crippen molar-refractivity contribution in [3.05, 3.63) is 29.6 Å². The van der Waals surface area contributed by atoms with Gasteiger partial charge in [-0.3, -0.25) is 14.6 Å². The second kappa shape index (κ2) is 8.26. The highest BCUT2D eigenvalue weighted by atomic mass is 32.2. The number of hydrogen-bond acceptors (Lipinski definition) is 7. The van der Waals surface area contributed by atoms with Crippen molar-refractivity contribution in [2.45, 2.75) is 18.5 Å². The number of anilines is 1. The minimum atomic E-state index is -0.266. The lowest BCUT2D eigenvalue weighted by Gasteiger charge is -2.03. The van der Waals surface area contributed by atoms with E-state index in [9.17, 15) is 4.79 Å². The van der Waals surface area contributed by atoms with E-state index in [-0.39, 0.29) is 17.5 Å². The van der Waals surface area contributed by atoms with Crippen LogP contribution in [0.4, 0.5) is 5.88 Å². The van der Waals surface area contributed by atoms with Gasteiger partial charge in [0.2, 0.25) is 17.7 Å². The molecule has 120 valence electrons. The average molecular weight is 334 g/mol. The zero-order valence-electron chi connectivity index (χ0n) is 12.8. The predicted octanol–water partition coefficient (Wildman–Crippen LogP) is 0.914. The zero-order valence-corrected chi connectivity index (χ0v) is 13.6. The van der Waals surface area contributed by atoms with E-state index in [4.69, 9.17) is 14.5 Å². The van der Waals surface area contributed by atoms with Crippen LogP contribution in [0, 0.1) is 18.3 Å². The Kier molecular flexibility index (Phi) is 6.08. The maximum absolute atomic E-state index is 11.9. The van der Waals surface area contributed by atoms with Crippen LogP contribution in [-0.4, -0.2) is 35.6 Å². The summed E-state index contributed by atoms with van der Waals surface area (Å²) >= 11 is 1.20. The smallest absolute Gasteiger partial charge is 0.302 e. The SMILES string of the molecule is COCC[n+]1cc(NC(=O)CSc2nc(C)ccc2C#N)on1. The number of nitrogens with zero attached hydrogens (tertiary/aromatic N) is 4. The van der Waals surface area contributed by atoms with Gasteiger partial charge in [0, 0.05) is 12.8 Å². The van der Waals surface area contributed by atoms with Gasteiger partial charge < -0.3 is 4.74 Å². The van der Waals surface area contributed by atoms with E-state index in [1.807, 2.05) is 6.92 Å². The van der Waals surface area contributed by atoms with Crippen LogP contribution in [0.1, 0.15) is 11.3 Å². The first-order valence-electron chi connectivity index (χ1n) is 6.78. The van der Waals surface area contributed by atoms with Crippen LogP contribution in [0.15, 0.2) is 27.9 Å². The number of ether oxygens (including phenoxy) is 1. The predicted molar refractivity (Wildman–Crippen MR) is 81.6 cm³/mol. The number of nitriles is 1. The lowest BCUT2D eigenvalue weighted by molar-refractivity contribution is -0.763. The molecular weight excluding hydrogens is 318 g/mol. The molecule has 8 nitrogen and oxygen atoms in total. The van der Waals surface area contributed by atoms with Crippen LogP contribution >= 0.6 is 11.8 Å². The molecule has 0 fully saturated rings. The maximum atomic E-state index is 11.9. The van der Waals surface area contributed by atoms with E-state index in [0.717, 1.165) is 5.69 Å². The van der Waals surface area contributed by atoms with Gasteiger partial charge in [-0.05, 0) is 23.7 Å². The number of aromatic nitrogens is 3.